The van der Waals surface area contributed by atoms with Crippen molar-refractivity contribution < 1.29 is 4.79 Å². The minimum Gasteiger partial charge on any atom is -0.355 e. The molecule has 0 saturated heterocycles. The van der Waals surface area contributed by atoms with Gasteiger partial charge in [-0.15, -0.1) is 22.7 Å². The quantitative estimate of drug-likeness (QED) is 0.893. The van der Waals surface area contributed by atoms with E-state index < -0.39 is 0 Å². The average molecular weight is 277 g/mol. The lowest BCUT2D eigenvalue weighted by atomic mass is 10.2. The molecule has 2 atom stereocenters. The maximum atomic E-state index is 11.9. The minimum atomic E-state index is 0.215. The Bertz CT molecular complexity index is 504. The fourth-order valence-corrected chi connectivity index (χ4v) is 3.81. The topological polar surface area (TPSA) is 29.1 Å². The highest BCUT2D eigenvalue weighted by Crippen LogP contribution is 2.49. The number of carbonyl (C=O) groups is 1. The van der Waals surface area contributed by atoms with E-state index in [1.54, 1.807) is 22.7 Å². The van der Waals surface area contributed by atoms with Crippen LogP contribution < -0.4 is 5.32 Å². The van der Waals surface area contributed by atoms with E-state index in [9.17, 15) is 4.79 Å². The summed E-state index contributed by atoms with van der Waals surface area (Å²) >= 11 is 3.51. The SMILES string of the molecule is O=C(NCCc1cccs1)C1CC1c1cccs1. The van der Waals surface area contributed by atoms with Crippen molar-refractivity contribution in [2.75, 3.05) is 6.54 Å². The molecule has 1 aliphatic carbocycles. The van der Waals surface area contributed by atoms with Crippen LogP contribution in [0.3, 0.4) is 0 Å². The number of carbonyl (C=O) groups excluding carboxylic acids is 1. The highest BCUT2D eigenvalue weighted by molar-refractivity contribution is 7.10. The first-order chi connectivity index (χ1) is 8.84. The molecule has 1 N–H and O–H groups in total. The lowest BCUT2D eigenvalue weighted by Gasteiger charge is -2.03. The molecule has 0 aromatic carbocycles. The average Bonchev–Trinajstić information content (AvgIpc) is 2.84. The fraction of sp³-hybridized carbons (Fsp3) is 0.357. The zero-order valence-electron chi connectivity index (χ0n) is 9.96. The third kappa shape index (κ3) is 2.65. The predicted molar refractivity (Wildman–Crippen MR) is 76.2 cm³/mol. The maximum Gasteiger partial charge on any atom is 0.223 e. The van der Waals surface area contributed by atoms with Crippen LogP contribution in [-0.2, 0) is 11.2 Å². The van der Waals surface area contributed by atoms with Gasteiger partial charge < -0.3 is 5.32 Å². The van der Waals surface area contributed by atoms with Crippen LogP contribution in [-0.4, -0.2) is 12.5 Å². The molecule has 1 aliphatic rings. The molecule has 1 amide bonds. The van der Waals surface area contributed by atoms with Crippen molar-refractivity contribution in [3.63, 3.8) is 0 Å². The summed E-state index contributed by atoms with van der Waals surface area (Å²) in [5.74, 6) is 0.920. The van der Waals surface area contributed by atoms with Crippen LogP contribution in [0.15, 0.2) is 35.0 Å². The molecule has 0 radical (unpaired) electrons. The molecule has 1 fully saturated rings. The summed E-state index contributed by atoms with van der Waals surface area (Å²) in [6.07, 6.45) is 1.96. The molecule has 0 spiro atoms. The molecule has 2 aromatic heterocycles. The van der Waals surface area contributed by atoms with Crippen LogP contribution in [0, 0.1) is 5.92 Å². The Morgan fingerprint density at radius 3 is 2.83 bits per heavy atom. The second-order valence-electron chi connectivity index (χ2n) is 4.58. The summed E-state index contributed by atoms with van der Waals surface area (Å²) in [5, 5.41) is 7.20. The molecule has 94 valence electrons. The van der Waals surface area contributed by atoms with E-state index in [1.807, 2.05) is 0 Å². The highest BCUT2D eigenvalue weighted by atomic mass is 32.1. The van der Waals surface area contributed by atoms with Crippen LogP contribution >= 0.6 is 22.7 Å². The number of rotatable bonds is 5. The van der Waals surface area contributed by atoms with Crippen molar-refractivity contribution in [2.24, 2.45) is 5.92 Å². The summed E-state index contributed by atoms with van der Waals surface area (Å²) in [5.41, 5.74) is 0. The number of thiophene rings is 2. The summed E-state index contributed by atoms with van der Waals surface area (Å²) in [4.78, 5) is 14.6. The van der Waals surface area contributed by atoms with Crippen molar-refractivity contribution >= 4 is 28.6 Å². The van der Waals surface area contributed by atoms with Gasteiger partial charge in [0.15, 0.2) is 0 Å². The number of hydrogen-bond donors (Lipinski definition) is 1. The maximum absolute atomic E-state index is 11.9. The molecule has 2 aromatic rings. The van der Waals surface area contributed by atoms with E-state index in [0.29, 0.717) is 5.92 Å². The van der Waals surface area contributed by atoms with E-state index in [1.165, 1.54) is 9.75 Å². The molecule has 3 rings (SSSR count). The fourth-order valence-electron chi connectivity index (χ4n) is 2.20. The van der Waals surface area contributed by atoms with Crippen molar-refractivity contribution in [3.05, 3.63) is 44.8 Å². The van der Waals surface area contributed by atoms with E-state index in [4.69, 9.17) is 0 Å². The molecule has 0 bridgehead atoms. The van der Waals surface area contributed by atoms with Gasteiger partial charge in [-0.1, -0.05) is 12.1 Å². The summed E-state index contributed by atoms with van der Waals surface area (Å²) in [6.45, 7) is 0.757. The van der Waals surface area contributed by atoms with Crippen LogP contribution in [0.4, 0.5) is 0 Å². The van der Waals surface area contributed by atoms with Gasteiger partial charge >= 0.3 is 0 Å². The van der Waals surface area contributed by atoms with Gasteiger partial charge in [0.25, 0.3) is 0 Å². The Kier molecular flexibility index (Phi) is 3.48. The second kappa shape index (κ2) is 5.24. The highest BCUT2D eigenvalue weighted by Gasteiger charge is 2.44. The molecule has 0 aliphatic heterocycles. The zero-order chi connectivity index (χ0) is 12.4. The lowest BCUT2D eigenvalue weighted by Crippen LogP contribution is -2.27. The molecule has 2 nitrogen and oxygen atoms in total. The van der Waals surface area contributed by atoms with Crippen molar-refractivity contribution in [1.29, 1.82) is 0 Å². The molecule has 18 heavy (non-hydrogen) atoms. The van der Waals surface area contributed by atoms with Crippen molar-refractivity contribution in [3.8, 4) is 0 Å². The van der Waals surface area contributed by atoms with E-state index in [2.05, 4.69) is 40.3 Å². The summed E-state index contributed by atoms with van der Waals surface area (Å²) in [6, 6.07) is 8.36. The van der Waals surface area contributed by atoms with Crippen LogP contribution in [0.25, 0.3) is 0 Å². The predicted octanol–water partition coefficient (Wildman–Crippen LogP) is 3.27. The Morgan fingerprint density at radius 2 is 2.11 bits per heavy atom. The molecular weight excluding hydrogens is 262 g/mol. The summed E-state index contributed by atoms with van der Waals surface area (Å²) < 4.78 is 0. The van der Waals surface area contributed by atoms with Crippen molar-refractivity contribution in [1.82, 2.24) is 5.32 Å². The van der Waals surface area contributed by atoms with Gasteiger partial charge in [-0.25, -0.2) is 0 Å². The monoisotopic (exact) mass is 277 g/mol. The Balaban J connectivity index is 1.43. The molecule has 2 unspecified atom stereocenters. The third-order valence-corrected chi connectivity index (χ3v) is 5.23. The van der Waals surface area contributed by atoms with Gasteiger partial charge in [-0.2, -0.15) is 0 Å². The molecule has 1 saturated carbocycles. The Hall–Kier alpha value is -1.13. The Morgan fingerprint density at radius 1 is 1.28 bits per heavy atom. The van der Waals surface area contributed by atoms with Gasteiger partial charge in [-0.05, 0) is 35.7 Å². The van der Waals surface area contributed by atoms with Gasteiger partial charge in [0.05, 0.1) is 0 Å². The smallest absolute Gasteiger partial charge is 0.223 e. The standard InChI is InChI=1S/C14H15NOS2/c16-14(15-6-5-10-3-1-7-17-10)12-9-11(12)13-4-2-8-18-13/h1-4,7-8,11-12H,5-6,9H2,(H,15,16). The van der Waals surface area contributed by atoms with Gasteiger partial charge in [-0.3, -0.25) is 4.79 Å². The largest absolute Gasteiger partial charge is 0.355 e. The van der Waals surface area contributed by atoms with Gasteiger partial charge in [0.2, 0.25) is 5.91 Å². The Labute approximate surface area is 115 Å². The lowest BCUT2D eigenvalue weighted by molar-refractivity contribution is -0.122. The zero-order valence-corrected chi connectivity index (χ0v) is 11.6. The first kappa shape index (κ1) is 11.9. The normalized spacial score (nSPS) is 21.8. The van der Waals surface area contributed by atoms with Crippen LogP contribution in [0.2, 0.25) is 0 Å². The van der Waals surface area contributed by atoms with Crippen LogP contribution in [0.1, 0.15) is 22.1 Å². The summed E-state index contributed by atoms with van der Waals surface area (Å²) in [7, 11) is 0. The number of nitrogens with one attached hydrogen (secondary N) is 1. The molecular formula is C14H15NOS2. The van der Waals surface area contributed by atoms with E-state index in [-0.39, 0.29) is 11.8 Å². The molecule has 4 heteroatoms. The van der Waals surface area contributed by atoms with Crippen molar-refractivity contribution in [2.45, 2.75) is 18.8 Å². The number of amides is 1. The van der Waals surface area contributed by atoms with E-state index >= 15 is 0 Å². The van der Waals surface area contributed by atoms with Crippen LogP contribution in [0.5, 0.6) is 0 Å². The number of hydrogen-bond acceptors (Lipinski definition) is 3. The van der Waals surface area contributed by atoms with E-state index in [0.717, 1.165) is 19.4 Å². The second-order valence-corrected chi connectivity index (χ2v) is 6.60. The third-order valence-electron chi connectivity index (χ3n) is 3.29. The van der Waals surface area contributed by atoms with Gasteiger partial charge in [0, 0.05) is 28.1 Å². The van der Waals surface area contributed by atoms with Gasteiger partial charge in [0.1, 0.15) is 0 Å². The molecule has 2 heterocycles. The minimum absolute atomic E-state index is 0.215. The first-order valence-electron chi connectivity index (χ1n) is 6.18. The first-order valence-corrected chi connectivity index (χ1v) is 7.94.